The second kappa shape index (κ2) is 12.8. The Kier molecular flexibility index (Phi) is 9.32. The van der Waals surface area contributed by atoms with E-state index in [9.17, 15) is 22.7 Å². The average molecular weight is 614 g/mol. The molecule has 3 atom stereocenters. The van der Waals surface area contributed by atoms with E-state index in [1.807, 2.05) is 48.5 Å². The van der Waals surface area contributed by atoms with Crippen LogP contribution >= 0.6 is 11.6 Å². The molecule has 0 spiro atoms. The number of pyridine rings is 1. The van der Waals surface area contributed by atoms with Gasteiger partial charge in [0.2, 0.25) is 15.9 Å². The number of nitrogens with zero attached hydrogens (tertiary/aromatic N) is 2. The molecule has 1 unspecified atom stereocenters. The van der Waals surface area contributed by atoms with Gasteiger partial charge in [0.15, 0.2) is 0 Å². The second-order valence-electron chi connectivity index (χ2n) is 11.7. The smallest absolute Gasteiger partial charge is 0.243 e. The molecule has 2 aromatic carbocycles. The lowest BCUT2D eigenvalue weighted by molar-refractivity contribution is -0.124. The van der Waals surface area contributed by atoms with Crippen molar-refractivity contribution in [3.8, 4) is 0 Å². The molecular weight excluding hydrogens is 577 g/mol. The number of rotatable bonds is 9. The van der Waals surface area contributed by atoms with Crippen molar-refractivity contribution < 1.29 is 22.7 Å². The van der Waals surface area contributed by atoms with E-state index in [1.54, 1.807) is 13.1 Å². The molecule has 10 heteroatoms. The van der Waals surface area contributed by atoms with Crippen LogP contribution < -0.4 is 5.32 Å². The minimum Gasteiger partial charge on any atom is -0.390 e. The van der Waals surface area contributed by atoms with Crippen LogP contribution in [0.15, 0.2) is 71.8 Å². The Morgan fingerprint density at radius 2 is 1.83 bits per heavy atom. The Labute approximate surface area is 252 Å². The van der Waals surface area contributed by atoms with Crippen LogP contribution in [0.4, 0.5) is 4.39 Å². The van der Waals surface area contributed by atoms with Crippen molar-refractivity contribution in [2.75, 3.05) is 13.1 Å². The van der Waals surface area contributed by atoms with Crippen molar-refractivity contribution >= 4 is 27.5 Å². The van der Waals surface area contributed by atoms with Gasteiger partial charge in [-0.25, -0.2) is 12.8 Å². The molecule has 2 heterocycles. The maximum Gasteiger partial charge on any atom is 0.243 e. The fourth-order valence-electron chi connectivity index (χ4n) is 6.52. The zero-order chi connectivity index (χ0) is 29.9. The lowest BCUT2D eigenvalue weighted by Gasteiger charge is -2.38. The van der Waals surface area contributed by atoms with E-state index < -0.39 is 28.0 Å². The molecule has 1 amide bonds. The van der Waals surface area contributed by atoms with Gasteiger partial charge in [-0.15, -0.1) is 0 Å². The summed E-state index contributed by atoms with van der Waals surface area (Å²) in [5.41, 5.74) is 1.68. The molecule has 42 heavy (non-hydrogen) atoms. The Balaban J connectivity index is 1.38. The number of hydrogen-bond acceptors (Lipinski definition) is 5. The van der Waals surface area contributed by atoms with E-state index >= 15 is 0 Å². The monoisotopic (exact) mass is 613 g/mol. The summed E-state index contributed by atoms with van der Waals surface area (Å²) in [6, 6.07) is 16.8. The number of aliphatic hydroxyl groups is 1. The van der Waals surface area contributed by atoms with Crippen LogP contribution in [0.1, 0.15) is 68.2 Å². The molecule has 224 valence electrons. The summed E-state index contributed by atoms with van der Waals surface area (Å²) in [5.74, 6) is -1.26. The van der Waals surface area contributed by atoms with E-state index in [2.05, 4.69) is 10.3 Å². The second-order valence-corrected chi connectivity index (χ2v) is 13.9. The number of carbonyl (C=O) groups is 1. The maximum absolute atomic E-state index is 14.2. The Bertz CT molecular complexity index is 1500. The fraction of sp³-hybridized carbons (Fsp3) is 0.438. The third-order valence-corrected chi connectivity index (χ3v) is 11.0. The molecule has 0 saturated heterocycles. The van der Waals surface area contributed by atoms with Gasteiger partial charge in [0.1, 0.15) is 5.82 Å². The van der Waals surface area contributed by atoms with Crippen LogP contribution in [-0.4, -0.2) is 54.0 Å². The van der Waals surface area contributed by atoms with Crippen LogP contribution in [0.3, 0.4) is 0 Å². The van der Waals surface area contributed by atoms with Crippen molar-refractivity contribution in [3.63, 3.8) is 0 Å². The SMILES string of the molecule is CC1CN(C[C@@H](O)[C@H](Cc2ccccc2)NC(=O)CC2(c3ccccn3)CCCCC2)S(=O)(=O)c2ccc(F)c(Cl)c21. The molecule has 1 aromatic heterocycles. The summed E-state index contributed by atoms with van der Waals surface area (Å²) in [5, 5.41) is 14.4. The van der Waals surface area contributed by atoms with Gasteiger partial charge in [0.25, 0.3) is 0 Å². The average Bonchev–Trinajstić information content (AvgIpc) is 2.98. The molecule has 1 aliphatic carbocycles. The predicted octanol–water partition coefficient (Wildman–Crippen LogP) is 5.36. The van der Waals surface area contributed by atoms with E-state index in [0.29, 0.717) is 6.42 Å². The van der Waals surface area contributed by atoms with Gasteiger partial charge >= 0.3 is 0 Å². The highest BCUT2D eigenvalue weighted by atomic mass is 35.5. The Morgan fingerprint density at radius 1 is 1.12 bits per heavy atom. The number of amides is 1. The maximum atomic E-state index is 14.2. The first-order valence-corrected chi connectivity index (χ1v) is 16.3. The van der Waals surface area contributed by atoms with E-state index in [0.717, 1.165) is 49.4 Å². The first-order valence-electron chi connectivity index (χ1n) is 14.5. The van der Waals surface area contributed by atoms with Gasteiger partial charge in [-0.3, -0.25) is 9.78 Å². The number of sulfonamides is 1. The summed E-state index contributed by atoms with van der Waals surface area (Å²) in [6.07, 6.45) is 5.97. The first kappa shape index (κ1) is 30.6. The number of carbonyl (C=O) groups excluding carboxylic acids is 1. The molecule has 0 bridgehead atoms. The number of aliphatic hydroxyl groups excluding tert-OH is 1. The summed E-state index contributed by atoms with van der Waals surface area (Å²) in [6.45, 7) is 1.58. The Hall–Kier alpha value is -2.85. The highest BCUT2D eigenvalue weighted by Crippen LogP contribution is 2.42. The quantitative estimate of drug-likeness (QED) is 0.338. The van der Waals surface area contributed by atoms with Gasteiger partial charge in [-0.05, 0) is 60.6 Å². The third-order valence-electron chi connectivity index (χ3n) is 8.70. The van der Waals surface area contributed by atoms with E-state index in [4.69, 9.17) is 11.6 Å². The van der Waals surface area contributed by atoms with Gasteiger partial charge in [0.05, 0.1) is 22.1 Å². The molecule has 1 saturated carbocycles. The van der Waals surface area contributed by atoms with Gasteiger partial charge in [-0.1, -0.05) is 74.2 Å². The summed E-state index contributed by atoms with van der Waals surface area (Å²) in [4.78, 5) is 18.2. The molecule has 0 radical (unpaired) electrons. The van der Waals surface area contributed by atoms with E-state index in [-0.39, 0.29) is 52.2 Å². The summed E-state index contributed by atoms with van der Waals surface area (Å²) >= 11 is 6.16. The number of aromatic nitrogens is 1. The largest absolute Gasteiger partial charge is 0.390 e. The lowest BCUT2D eigenvalue weighted by Crippen LogP contribution is -2.52. The van der Waals surface area contributed by atoms with Crippen molar-refractivity contribution in [3.05, 3.63) is 94.5 Å². The highest BCUT2D eigenvalue weighted by Gasteiger charge is 2.41. The minimum absolute atomic E-state index is 0.0321. The van der Waals surface area contributed by atoms with E-state index in [1.165, 1.54) is 10.4 Å². The van der Waals surface area contributed by atoms with Crippen molar-refractivity contribution in [1.82, 2.24) is 14.6 Å². The lowest BCUT2D eigenvalue weighted by atomic mass is 9.69. The number of fused-ring (bicyclic) bond motifs is 1. The molecule has 5 rings (SSSR count). The first-order chi connectivity index (χ1) is 20.1. The van der Waals surface area contributed by atoms with Gasteiger partial charge < -0.3 is 10.4 Å². The number of β-amino-alcohol motifs (C(OH)–C–C–N with tert-alkyl or cyclic N) is 1. The van der Waals surface area contributed by atoms with Crippen LogP contribution in [0.5, 0.6) is 0 Å². The third kappa shape index (κ3) is 6.39. The van der Waals surface area contributed by atoms with Crippen LogP contribution in [-0.2, 0) is 26.7 Å². The van der Waals surface area contributed by atoms with Crippen molar-refractivity contribution in [2.45, 2.75) is 80.2 Å². The Morgan fingerprint density at radius 3 is 2.52 bits per heavy atom. The zero-order valence-corrected chi connectivity index (χ0v) is 25.2. The molecule has 1 fully saturated rings. The van der Waals surface area contributed by atoms with Crippen LogP contribution in [0.25, 0.3) is 0 Å². The molecule has 7 nitrogen and oxygen atoms in total. The molecule has 1 aliphatic heterocycles. The minimum atomic E-state index is -4.05. The number of benzene rings is 2. The topological polar surface area (TPSA) is 99.6 Å². The normalized spacial score (nSPS) is 21.2. The van der Waals surface area contributed by atoms with Crippen LogP contribution in [0, 0.1) is 5.82 Å². The molecule has 3 aromatic rings. The summed E-state index contributed by atoms with van der Waals surface area (Å²) < 4.78 is 42.5. The van der Waals surface area contributed by atoms with Crippen molar-refractivity contribution in [1.29, 1.82) is 0 Å². The molecule has 2 N–H and O–H groups in total. The van der Waals surface area contributed by atoms with Crippen LogP contribution in [0.2, 0.25) is 5.02 Å². The fourth-order valence-corrected chi connectivity index (χ4v) is 8.80. The predicted molar refractivity (Wildman–Crippen MR) is 160 cm³/mol. The molecule has 2 aliphatic rings. The number of hydrogen-bond donors (Lipinski definition) is 2. The molecular formula is C32H37ClFN3O4S. The van der Waals surface area contributed by atoms with Gasteiger partial charge in [0, 0.05) is 36.8 Å². The van der Waals surface area contributed by atoms with Gasteiger partial charge in [-0.2, -0.15) is 4.31 Å². The zero-order valence-electron chi connectivity index (χ0n) is 23.7. The summed E-state index contributed by atoms with van der Waals surface area (Å²) in [7, 11) is -4.05. The number of nitrogens with one attached hydrogen (secondary N) is 1. The van der Waals surface area contributed by atoms with Crippen molar-refractivity contribution in [2.24, 2.45) is 0 Å². The number of halogens is 2. The highest BCUT2D eigenvalue weighted by molar-refractivity contribution is 7.89. The standard InChI is InChI=1S/C32H37ClFN3O4S/c1-22-20-37(42(40,41)27-14-13-24(34)31(33)30(22)27)21-26(38)25(18-23-10-4-2-5-11-23)36-29(39)19-32(15-7-3-8-16-32)28-12-6-9-17-35-28/h2,4-6,9-14,17,22,25-26,38H,3,7-8,15-16,18-21H2,1H3,(H,36,39)/t22?,25-,26+/m0/s1.